The first-order chi connectivity index (χ1) is 8.80. The molecule has 1 nitrogen and oxygen atoms in total. The normalized spacial score (nSPS) is 21.8. The van der Waals surface area contributed by atoms with E-state index in [4.69, 9.17) is 4.74 Å². The lowest BCUT2D eigenvalue weighted by atomic mass is 9.91. The summed E-state index contributed by atoms with van der Waals surface area (Å²) in [5, 5.41) is 0.406. The highest BCUT2D eigenvalue weighted by molar-refractivity contribution is 6.81. The van der Waals surface area contributed by atoms with Crippen molar-refractivity contribution >= 4 is 8.07 Å². The van der Waals surface area contributed by atoms with Crippen LogP contribution in [0.15, 0.2) is 0 Å². The first-order valence-corrected chi connectivity index (χ1v) is 11.3. The van der Waals surface area contributed by atoms with E-state index in [0.29, 0.717) is 16.7 Å². The van der Waals surface area contributed by atoms with E-state index in [9.17, 15) is 0 Å². The molecular formula is C17H35OSi. The summed E-state index contributed by atoms with van der Waals surface area (Å²) < 4.78 is 6.30. The summed E-state index contributed by atoms with van der Waals surface area (Å²) in [6.07, 6.45) is 10.8. The van der Waals surface area contributed by atoms with Gasteiger partial charge in [0.25, 0.3) is 0 Å². The minimum absolute atomic E-state index is 0.406. The average Bonchev–Trinajstić information content (AvgIpc) is 2.24. The molecule has 1 fully saturated rings. The van der Waals surface area contributed by atoms with Gasteiger partial charge in [0.2, 0.25) is 0 Å². The Bertz CT molecular complexity index is 246. The van der Waals surface area contributed by atoms with Gasteiger partial charge in [0, 0.05) is 6.61 Å². The Labute approximate surface area is 122 Å². The van der Waals surface area contributed by atoms with Gasteiger partial charge in [0.15, 0.2) is 0 Å². The zero-order valence-electron chi connectivity index (χ0n) is 14.1. The molecule has 0 amide bonds. The Kier molecular flexibility index (Phi) is 6.58. The van der Waals surface area contributed by atoms with Crippen LogP contribution in [-0.4, -0.2) is 20.4 Å². The van der Waals surface area contributed by atoms with Gasteiger partial charge >= 0.3 is 0 Å². The number of hydrogen-bond acceptors (Lipinski definition) is 1. The van der Waals surface area contributed by atoms with Crippen molar-refractivity contribution in [2.45, 2.75) is 90.1 Å². The van der Waals surface area contributed by atoms with Gasteiger partial charge in [0.05, 0.1) is 13.8 Å². The predicted octanol–water partition coefficient (Wildman–Crippen LogP) is 5.61. The fraction of sp³-hybridized carbons (Fsp3) is 0.941. The second-order valence-electron chi connectivity index (χ2n) is 7.74. The summed E-state index contributed by atoms with van der Waals surface area (Å²) in [4.78, 5) is 0. The van der Waals surface area contributed by atoms with Crippen molar-refractivity contribution in [3.05, 3.63) is 6.42 Å². The molecule has 2 heteroatoms. The van der Waals surface area contributed by atoms with Gasteiger partial charge in [-0.2, -0.15) is 0 Å². The molecule has 2 unspecified atom stereocenters. The molecule has 0 aliphatic heterocycles. The van der Waals surface area contributed by atoms with Gasteiger partial charge < -0.3 is 4.74 Å². The van der Waals surface area contributed by atoms with E-state index < -0.39 is 8.07 Å². The zero-order chi connectivity index (χ0) is 14.5. The van der Waals surface area contributed by atoms with E-state index in [1.54, 1.807) is 0 Å². The smallest absolute Gasteiger partial charge is 0.0872 e. The van der Waals surface area contributed by atoms with Crippen molar-refractivity contribution in [3.8, 4) is 0 Å². The van der Waals surface area contributed by atoms with Crippen LogP contribution < -0.4 is 0 Å². The van der Waals surface area contributed by atoms with Crippen molar-refractivity contribution in [1.29, 1.82) is 0 Å². The maximum Gasteiger partial charge on any atom is 0.0872 e. The van der Waals surface area contributed by atoms with Crippen LogP contribution in [0.25, 0.3) is 0 Å². The molecular weight excluding hydrogens is 248 g/mol. The number of rotatable bonds is 4. The van der Waals surface area contributed by atoms with Gasteiger partial charge in [-0.25, -0.2) is 0 Å². The number of ether oxygens (including phenoxy) is 1. The van der Waals surface area contributed by atoms with E-state index in [0.717, 1.165) is 6.61 Å². The fourth-order valence-corrected chi connectivity index (χ4v) is 5.89. The maximum absolute atomic E-state index is 6.30. The molecule has 1 aliphatic rings. The first-order valence-electron chi connectivity index (χ1n) is 8.25. The molecule has 1 saturated carbocycles. The van der Waals surface area contributed by atoms with Crippen molar-refractivity contribution in [2.75, 3.05) is 6.61 Å². The van der Waals surface area contributed by atoms with Crippen LogP contribution in [0.2, 0.25) is 18.1 Å². The van der Waals surface area contributed by atoms with E-state index in [1.807, 2.05) is 0 Å². The minimum atomic E-state index is -1.43. The van der Waals surface area contributed by atoms with Crippen molar-refractivity contribution in [1.82, 2.24) is 0 Å². The molecule has 2 atom stereocenters. The molecule has 1 radical (unpaired) electrons. The highest BCUT2D eigenvalue weighted by Gasteiger charge is 2.45. The van der Waals surface area contributed by atoms with Crippen LogP contribution in [0, 0.1) is 12.3 Å². The molecule has 0 aromatic carbocycles. The standard InChI is InChI=1S/C17H35OSi/c1-7-18-16(19(5,6)17(2,3)4)15-13-11-9-8-10-12-14-15/h13,15-16H,7-12,14H2,1-6H3. The molecule has 1 rings (SSSR count). The molecule has 113 valence electrons. The summed E-state index contributed by atoms with van der Waals surface area (Å²) in [6.45, 7) is 15.3. The van der Waals surface area contributed by atoms with Crippen LogP contribution in [0.3, 0.4) is 0 Å². The monoisotopic (exact) mass is 283 g/mol. The van der Waals surface area contributed by atoms with Crippen LogP contribution in [0.5, 0.6) is 0 Å². The van der Waals surface area contributed by atoms with Gasteiger partial charge in [-0.1, -0.05) is 59.5 Å². The third-order valence-electron chi connectivity index (χ3n) is 5.34. The molecule has 1 aliphatic carbocycles. The quantitative estimate of drug-likeness (QED) is 0.609. The fourth-order valence-electron chi connectivity index (χ4n) is 3.08. The lowest BCUT2D eigenvalue weighted by Gasteiger charge is -2.46. The summed E-state index contributed by atoms with van der Waals surface area (Å²) >= 11 is 0. The lowest BCUT2D eigenvalue weighted by Crippen LogP contribution is -2.54. The van der Waals surface area contributed by atoms with E-state index >= 15 is 0 Å². The molecule has 0 spiro atoms. The first kappa shape index (κ1) is 17.2. The van der Waals surface area contributed by atoms with Crippen LogP contribution in [0.4, 0.5) is 0 Å². The molecule has 0 aromatic rings. The summed E-state index contributed by atoms with van der Waals surface area (Å²) in [7, 11) is -1.43. The third kappa shape index (κ3) is 4.59. The Hall–Kier alpha value is 0.177. The van der Waals surface area contributed by atoms with Gasteiger partial charge in [-0.15, -0.1) is 0 Å². The molecule has 0 N–H and O–H groups in total. The Morgan fingerprint density at radius 3 is 2.37 bits per heavy atom. The minimum Gasteiger partial charge on any atom is -0.382 e. The highest BCUT2D eigenvalue weighted by Crippen LogP contribution is 2.43. The molecule has 0 saturated heterocycles. The van der Waals surface area contributed by atoms with Crippen LogP contribution >= 0.6 is 0 Å². The largest absolute Gasteiger partial charge is 0.382 e. The second kappa shape index (κ2) is 7.26. The predicted molar refractivity (Wildman–Crippen MR) is 88.1 cm³/mol. The van der Waals surface area contributed by atoms with Crippen molar-refractivity contribution < 1.29 is 4.74 Å². The third-order valence-corrected chi connectivity index (χ3v) is 11.2. The maximum atomic E-state index is 6.30. The zero-order valence-corrected chi connectivity index (χ0v) is 15.1. The van der Waals surface area contributed by atoms with Gasteiger partial charge in [-0.3, -0.25) is 0 Å². The Morgan fingerprint density at radius 1 is 1.16 bits per heavy atom. The molecule has 19 heavy (non-hydrogen) atoms. The summed E-state index contributed by atoms with van der Waals surface area (Å²) in [6, 6.07) is 0. The summed E-state index contributed by atoms with van der Waals surface area (Å²) in [5.41, 5.74) is 0.496. The van der Waals surface area contributed by atoms with Gasteiger partial charge in [-0.05, 0) is 37.1 Å². The van der Waals surface area contributed by atoms with E-state index in [-0.39, 0.29) is 0 Å². The SMILES string of the molecule is CCOC(C1[CH]CCCCCC1)[Si](C)(C)C(C)(C)C. The van der Waals surface area contributed by atoms with Crippen molar-refractivity contribution in [3.63, 3.8) is 0 Å². The van der Waals surface area contributed by atoms with E-state index in [2.05, 4.69) is 47.2 Å². The number of hydrogen-bond donors (Lipinski definition) is 0. The Morgan fingerprint density at radius 2 is 1.79 bits per heavy atom. The molecule has 0 bridgehead atoms. The Balaban J connectivity index is 2.85. The van der Waals surface area contributed by atoms with Gasteiger partial charge in [0.1, 0.15) is 0 Å². The van der Waals surface area contributed by atoms with Crippen LogP contribution in [0.1, 0.15) is 66.2 Å². The van der Waals surface area contributed by atoms with Crippen molar-refractivity contribution in [2.24, 2.45) is 5.92 Å². The van der Waals surface area contributed by atoms with E-state index in [1.165, 1.54) is 38.5 Å². The molecule has 0 aromatic heterocycles. The molecule has 0 heterocycles. The average molecular weight is 284 g/mol. The highest BCUT2D eigenvalue weighted by atomic mass is 28.3. The topological polar surface area (TPSA) is 9.23 Å². The summed E-state index contributed by atoms with van der Waals surface area (Å²) in [5.74, 6) is 0.696. The van der Waals surface area contributed by atoms with Crippen LogP contribution in [-0.2, 0) is 4.74 Å². The second-order valence-corrected chi connectivity index (χ2v) is 13.3. The lowest BCUT2D eigenvalue weighted by molar-refractivity contribution is 0.0698.